The van der Waals surface area contributed by atoms with Crippen molar-refractivity contribution in [1.82, 2.24) is 0 Å². The summed E-state index contributed by atoms with van der Waals surface area (Å²) < 4.78 is 0.837. The molecule has 5 N–H and O–H groups in total. The molecule has 1 rings (SSSR count). The van der Waals surface area contributed by atoms with Gasteiger partial charge in [0.1, 0.15) is 0 Å². The van der Waals surface area contributed by atoms with Crippen LogP contribution in [0, 0.1) is 0 Å². The number of anilines is 1. The summed E-state index contributed by atoms with van der Waals surface area (Å²) in [6.45, 7) is -0.104. The summed E-state index contributed by atoms with van der Waals surface area (Å²) in [6.07, 6.45) is 0. The van der Waals surface area contributed by atoms with Crippen molar-refractivity contribution in [3.63, 3.8) is 0 Å². The molecule has 0 radical (unpaired) electrons. The van der Waals surface area contributed by atoms with E-state index in [1.54, 1.807) is 6.07 Å². The second kappa shape index (κ2) is 3.89. The van der Waals surface area contributed by atoms with E-state index in [0.717, 1.165) is 10.0 Å². The number of halogens is 1. The minimum atomic E-state index is -0.416. The molecule has 0 aliphatic heterocycles. The first-order chi connectivity index (χ1) is 5.66. The van der Waals surface area contributed by atoms with Gasteiger partial charge < -0.3 is 16.6 Å². The van der Waals surface area contributed by atoms with Gasteiger partial charge in [-0.05, 0) is 12.1 Å². The quantitative estimate of drug-likeness (QED) is 0.665. The predicted molar refractivity (Wildman–Crippen MR) is 52.6 cm³/mol. The summed E-state index contributed by atoms with van der Waals surface area (Å²) in [4.78, 5) is 0. The Labute approximate surface area is 79.5 Å². The maximum Gasteiger partial charge on any atom is 0.0625 e. The molecule has 1 atom stereocenters. The molecule has 0 aliphatic rings. The number of nitrogen functional groups attached to an aromatic ring is 1. The van der Waals surface area contributed by atoms with Gasteiger partial charge in [-0.15, -0.1) is 0 Å². The van der Waals surface area contributed by atoms with Gasteiger partial charge >= 0.3 is 0 Å². The van der Waals surface area contributed by atoms with Crippen molar-refractivity contribution in [2.24, 2.45) is 5.73 Å². The molecular formula is C8H11BrN2O. The highest BCUT2D eigenvalue weighted by molar-refractivity contribution is 9.10. The van der Waals surface area contributed by atoms with Crippen LogP contribution in [-0.4, -0.2) is 11.7 Å². The van der Waals surface area contributed by atoms with Gasteiger partial charge in [0.2, 0.25) is 0 Å². The Hall–Kier alpha value is -0.580. The van der Waals surface area contributed by atoms with E-state index < -0.39 is 6.04 Å². The van der Waals surface area contributed by atoms with Crippen molar-refractivity contribution < 1.29 is 5.11 Å². The Kier molecular flexibility index (Phi) is 3.08. The normalized spacial score (nSPS) is 12.9. The van der Waals surface area contributed by atoms with Gasteiger partial charge in [-0.3, -0.25) is 0 Å². The van der Waals surface area contributed by atoms with Gasteiger partial charge in [-0.25, -0.2) is 0 Å². The first-order valence-corrected chi connectivity index (χ1v) is 4.36. The van der Waals surface area contributed by atoms with Crippen LogP contribution in [0.15, 0.2) is 22.7 Å². The van der Waals surface area contributed by atoms with Crippen LogP contribution in [0.5, 0.6) is 0 Å². The fourth-order valence-corrected chi connectivity index (χ4v) is 1.71. The van der Waals surface area contributed by atoms with Gasteiger partial charge in [0.05, 0.1) is 12.6 Å². The Balaban J connectivity index is 3.12. The molecule has 12 heavy (non-hydrogen) atoms. The monoisotopic (exact) mass is 230 g/mol. The van der Waals surface area contributed by atoms with Crippen molar-refractivity contribution in [2.75, 3.05) is 12.3 Å². The van der Waals surface area contributed by atoms with Crippen molar-refractivity contribution in [2.45, 2.75) is 6.04 Å². The van der Waals surface area contributed by atoms with Crippen LogP contribution in [0.2, 0.25) is 0 Å². The van der Waals surface area contributed by atoms with Gasteiger partial charge in [0.25, 0.3) is 0 Å². The van der Waals surface area contributed by atoms with E-state index in [2.05, 4.69) is 15.9 Å². The Bertz CT molecular complexity index is 258. The van der Waals surface area contributed by atoms with Gasteiger partial charge in [0.15, 0.2) is 0 Å². The molecule has 66 valence electrons. The average molecular weight is 231 g/mol. The second-order valence-electron chi connectivity index (χ2n) is 2.53. The molecule has 0 fully saturated rings. The highest BCUT2D eigenvalue weighted by atomic mass is 79.9. The zero-order chi connectivity index (χ0) is 9.14. The lowest BCUT2D eigenvalue weighted by Gasteiger charge is -2.13. The van der Waals surface area contributed by atoms with Crippen molar-refractivity contribution in [3.05, 3.63) is 28.2 Å². The number of hydrogen-bond donors (Lipinski definition) is 3. The van der Waals surface area contributed by atoms with Crippen LogP contribution in [0.3, 0.4) is 0 Å². The first-order valence-electron chi connectivity index (χ1n) is 3.57. The van der Waals surface area contributed by atoms with E-state index in [1.165, 1.54) is 0 Å². The topological polar surface area (TPSA) is 72.3 Å². The summed E-state index contributed by atoms with van der Waals surface area (Å²) in [6, 6.07) is 5.02. The summed E-state index contributed by atoms with van der Waals surface area (Å²) in [5.74, 6) is 0. The van der Waals surface area contributed by atoms with Crippen LogP contribution in [0.1, 0.15) is 11.6 Å². The third-order valence-electron chi connectivity index (χ3n) is 1.65. The van der Waals surface area contributed by atoms with E-state index in [9.17, 15) is 0 Å². The van der Waals surface area contributed by atoms with Gasteiger partial charge in [0, 0.05) is 15.7 Å². The van der Waals surface area contributed by atoms with E-state index in [4.69, 9.17) is 16.6 Å². The first kappa shape index (κ1) is 9.51. The number of hydrogen-bond acceptors (Lipinski definition) is 3. The fourth-order valence-electron chi connectivity index (χ4n) is 1.04. The smallest absolute Gasteiger partial charge is 0.0625 e. The molecule has 3 nitrogen and oxygen atoms in total. The number of rotatable bonds is 2. The molecule has 0 aromatic heterocycles. The highest BCUT2D eigenvalue weighted by Crippen LogP contribution is 2.27. The Morgan fingerprint density at radius 2 is 2.17 bits per heavy atom. The lowest BCUT2D eigenvalue weighted by Crippen LogP contribution is -2.16. The molecule has 0 bridgehead atoms. The molecule has 1 aromatic rings. The Morgan fingerprint density at radius 3 is 2.67 bits per heavy atom. The molecule has 0 unspecified atom stereocenters. The summed E-state index contributed by atoms with van der Waals surface area (Å²) in [7, 11) is 0. The van der Waals surface area contributed by atoms with Crippen LogP contribution >= 0.6 is 15.9 Å². The SMILES string of the molecule is Nc1cccc(Br)c1[C@@H](N)CO. The third kappa shape index (κ3) is 1.77. The summed E-state index contributed by atoms with van der Waals surface area (Å²) >= 11 is 3.32. The largest absolute Gasteiger partial charge is 0.398 e. The van der Waals surface area contributed by atoms with Crippen molar-refractivity contribution in [3.8, 4) is 0 Å². The van der Waals surface area contributed by atoms with Crippen LogP contribution in [-0.2, 0) is 0 Å². The van der Waals surface area contributed by atoms with E-state index in [1.807, 2.05) is 12.1 Å². The second-order valence-corrected chi connectivity index (χ2v) is 3.39. The summed E-state index contributed by atoms with van der Waals surface area (Å²) in [5.41, 5.74) is 12.7. The molecule has 1 aromatic carbocycles. The maximum absolute atomic E-state index is 8.84. The number of benzene rings is 1. The lowest BCUT2D eigenvalue weighted by atomic mass is 10.1. The molecule has 0 spiro atoms. The molecule has 0 aliphatic carbocycles. The summed E-state index contributed by atoms with van der Waals surface area (Å²) in [5, 5.41) is 8.84. The number of nitrogens with two attached hydrogens (primary N) is 2. The van der Waals surface area contributed by atoms with Gasteiger partial charge in [-0.1, -0.05) is 22.0 Å². The molecule has 4 heteroatoms. The maximum atomic E-state index is 8.84. The highest BCUT2D eigenvalue weighted by Gasteiger charge is 2.11. The third-order valence-corrected chi connectivity index (χ3v) is 2.35. The Morgan fingerprint density at radius 1 is 1.50 bits per heavy atom. The van der Waals surface area contributed by atoms with Crippen molar-refractivity contribution in [1.29, 1.82) is 0 Å². The zero-order valence-corrected chi connectivity index (χ0v) is 8.08. The lowest BCUT2D eigenvalue weighted by molar-refractivity contribution is 0.268. The van der Waals surface area contributed by atoms with E-state index in [0.29, 0.717) is 5.69 Å². The minimum absolute atomic E-state index is 0.104. The average Bonchev–Trinajstić information content (AvgIpc) is 2.03. The molecular weight excluding hydrogens is 220 g/mol. The fraction of sp³-hybridized carbons (Fsp3) is 0.250. The molecule has 0 saturated heterocycles. The van der Waals surface area contributed by atoms with Crippen LogP contribution < -0.4 is 11.5 Å². The molecule has 0 saturated carbocycles. The number of aliphatic hydroxyl groups excluding tert-OH is 1. The predicted octanol–water partition coefficient (Wildman–Crippen LogP) is 1.02. The van der Waals surface area contributed by atoms with E-state index >= 15 is 0 Å². The molecule has 0 heterocycles. The van der Waals surface area contributed by atoms with Crippen LogP contribution in [0.4, 0.5) is 5.69 Å². The molecule has 0 amide bonds. The van der Waals surface area contributed by atoms with Crippen molar-refractivity contribution >= 4 is 21.6 Å². The zero-order valence-electron chi connectivity index (χ0n) is 6.50. The van der Waals surface area contributed by atoms with Crippen LogP contribution in [0.25, 0.3) is 0 Å². The van der Waals surface area contributed by atoms with E-state index in [-0.39, 0.29) is 6.61 Å². The van der Waals surface area contributed by atoms with Gasteiger partial charge in [-0.2, -0.15) is 0 Å². The number of aliphatic hydroxyl groups is 1. The minimum Gasteiger partial charge on any atom is -0.398 e. The standard InChI is InChI=1S/C8H11BrN2O/c9-5-2-1-3-6(10)8(5)7(11)4-12/h1-3,7,12H,4,10-11H2/t7-/m0/s1.